The summed E-state index contributed by atoms with van der Waals surface area (Å²) in [6.45, 7) is 1.80. The SMILES string of the molecule is CC1NC2(CCCCC2)C(=O)NC1=O. The third-order valence-electron chi connectivity index (χ3n) is 3.26. The molecule has 0 radical (unpaired) electrons. The largest absolute Gasteiger partial charge is 0.293 e. The van der Waals surface area contributed by atoms with E-state index in [0.717, 1.165) is 25.7 Å². The van der Waals surface area contributed by atoms with Gasteiger partial charge >= 0.3 is 0 Å². The van der Waals surface area contributed by atoms with Gasteiger partial charge in [0.15, 0.2) is 0 Å². The van der Waals surface area contributed by atoms with E-state index in [1.54, 1.807) is 6.92 Å². The molecule has 1 aliphatic carbocycles. The highest BCUT2D eigenvalue weighted by atomic mass is 16.2. The van der Waals surface area contributed by atoms with Crippen LogP contribution in [-0.2, 0) is 9.59 Å². The molecule has 78 valence electrons. The Balaban J connectivity index is 2.17. The van der Waals surface area contributed by atoms with Crippen LogP contribution in [0.5, 0.6) is 0 Å². The number of rotatable bonds is 0. The van der Waals surface area contributed by atoms with E-state index in [2.05, 4.69) is 10.6 Å². The Morgan fingerprint density at radius 3 is 2.50 bits per heavy atom. The van der Waals surface area contributed by atoms with Gasteiger partial charge in [0.25, 0.3) is 0 Å². The summed E-state index contributed by atoms with van der Waals surface area (Å²) in [7, 11) is 0. The van der Waals surface area contributed by atoms with Crippen molar-refractivity contribution in [2.24, 2.45) is 0 Å². The van der Waals surface area contributed by atoms with Gasteiger partial charge in [-0.3, -0.25) is 20.2 Å². The number of carbonyl (C=O) groups is 2. The maximum absolute atomic E-state index is 11.7. The number of nitrogens with one attached hydrogen (secondary N) is 2. The average molecular weight is 196 g/mol. The van der Waals surface area contributed by atoms with Crippen LogP contribution in [0.2, 0.25) is 0 Å². The summed E-state index contributed by atoms with van der Waals surface area (Å²) in [6, 6.07) is -0.245. The molecule has 1 atom stereocenters. The van der Waals surface area contributed by atoms with Crippen molar-refractivity contribution in [3.05, 3.63) is 0 Å². The second-order valence-electron chi connectivity index (χ2n) is 4.33. The molecule has 4 heteroatoms. The van der Waals surface area contributed by atoms with Gasteiger partial charge in [0.05, 0.1) is 11.6 Å². The summed E-state index contributed by atoms with van der Waals surface area (Å²) >= 11 is 0. The zero-order valence-corrected chi connectivity index (χ0v) is 8.43. The van der Waals surface area contributed by atoms with Crippen molar-refractivity contribution in [1.82, 2.24) is 10.6 Å². The van der Waals surface area contributed by atoms with Crippen LogP contribution in [-0.4, -0.2) is 23.4 Å². The molecule has 2 N–H and O–H groups in total. The summed E-state index contributed by atoms with van der Waals surface area (Å²) in [5.74, 6) is -0.327. The average Bonchev–Trinajstić information content (AvgIpc) is 2.17. The fourth-order valence-corrected chi connectivity index (χ4v) is 2.41. The number of piperazine rings is 1. The smallest absolute Gasteiger partial charge is 0.246 e. The molecule has 0 bridgehead atoms. The second kappa shape index (κ2) is 3.35. The van der Waals surface area contributed by atoms with Crippen molar-refractivity contribution in [1.29, 1.82) is 0 Å². The number of amides is 2. The highest BCUT2D eigenvalue weighted by Gasteiger charge is 2.45. The van der Waals surface area contributed by atoms with Gasteiger partial charge in [0.2, 0.25) is 11.8 Å². The molecule has 0 aromatic carbocycles. The maximum Gasteiger partial charge on any atom is 0.246 e. The molecule has 1 unspecified atom stereocenters. The topological polar surface area (TPSA) is 58.2 Å². The lowest BCUT2D eigenvalue weighted by Gasteiger charge is -2.41. The molecule has 0 aromatic heterocycles. The molecular weight excluding hydrogens is 180 g/mol. The predicted octanol–water partition coefficient (Wildman–Crippen LogP) is 0.324. The predicted molar refractivity (Wildman–Crippen MR) is 51.6 cm³/mol. The minimum absolute atomic E-state index is 0.125. The standard InChI is InChI=1S/C10H16N2O2/c1-7-8(13)11-9(14)10(12-7)5-3-2-4-6-10/h7,12H,2-6H2,1H3,(H,11,13,14). The van der Waals surface area contributed by atoms with Gasteiger partial charge in [-0.25, -0.2) is 0 Å². The molecule has 0 aromatic rings. The van der Waals surface area contributed by atoms with Crippen LogP contribution in [0.25, 0.3) is 0 Å². The van der Waals surface area contributed by atoms with Gasteiger partial charge in [-0.15, -0.1) is 0 Å². The number of hydrogen-bond acceptors (Lipinski definition) is 3. The molecule has 1 heterocycles. The molecule has 2 amide bonds. The molecule has 2 aliphatic rings. The first-order chi connectivity index (χ1) is 6.64. The lowest BCUT2D eigenvalue weighted by atomic mass is 9.79. The van der Waals surface area contributed by atoms with E-state index in [1.165, 1.54) is 6.42 Å². The van der Waals surface area contributed by atoms with Crippen LogP contribution in [0, 0.1) is 0 Å². The Kier molecular flexibility index (Phi) is 2.31. The first kappa shape index (κ1) is 9.65. The Bertz CT molecular complexity index is 269. The summed E-state index contributed by atoms with van der Waals surface area (Å²) in [5, 5.41) is 5.62. The maximum atomic E-state index is 11.7. The van der Waals surface area contributed by atoms with Crippen LogP contribution in [0.3, 0.4) is 0 Å². The van der Waals surface area contributed by atoms with Crippen molar-refractivity contribution < 1.29 is 9.59 Å². The van der Waals surface area contributed by atoms with Gasteiger partial charge in [-0.2, -0.15) is 0 Å². The number of carbonyl (C=O) groups excluding carboxylic acids is 2. The molecule has 1 spiro atoms. The van der Waals surface area contributed by atoms with Crippen molar-refractivity contribution in [3.63, 3.8) is 0 Å². The van der Waals surface area contributed by atoms with E-state index >= 15 is 0 Å². The quantitative estimate of drug-likeness (QED) is 0.549. The minimum Gasteiger partial charge on any atom is -0.293 e. The van der Waals surface area contributed by atoms with E-state index in [4.69, 9.17) is 0 Å². The summed E-state index contributed by atoms with van der Waals surface area (Å²) in [5.41, 5.74) is -0.453. The van der Waals surface area contributed by atoms with E-state index in [1.807, 2.05) is 0 Å². The van der Waals surface area contributed by atoms with E-state index in [0.29, 0.717) is 0 Å². The highest BCUT2D eigenvalue weighted by molar-refractivity contribution is 6.04. The first-order valence-electron chi connectivity index (χ1n) is 5.27. The van der Waals surface area contributed by atoms with Crippen LogP contribution in [0.1, 0.15) is 39.0 Å². The zero-order valence-electron chi connectivity index (χ0n) is 8.43. The summed E-state index contributed by atoms with van der Waals surface area (Å²) < 4.78 is 0. The molecule has 2 fully saturated rings. The number of hydrogen-bond donors (Lipinski definition) is 2. The fourth-order valence-electron chi connectivity index (χ4n) is 2.41. The van der Waals surface area contributed by atoms with Gasteiger partial charge < -0.3 is 0 Å². The van der Waals surface area contributed by atoms with Gasteiger partial charge in [-0.05, 0) is 19.8 Å². The lowest BCUT2D eigenvalue weighted by Crippen LogP contribution is -2.69. The van der Waals surface area contributed by atoms with E-state index in [9.17, 15) is 9.59 Å². The lowest BCUT2D eigenvalue weighted by molar-refractivity contribution is -0.141. The third-order valence-corrected chi connectivity index (χ3v) is 3.26. The van der Waals surface area contributed by atoms with Gasteiger partial charge in [-0.1, -0.05) is 19.3 Å². The zero-order chi connectivity index (χ0) is 10.2. The van der Waals surface area contributed by atoms with Gasteiger partial charge in [0, 0.05) is 0 Å². The van der Waals surface area contributed by atoms with E-state index in [-0.39, 0.29) is 17.9 Å². The Hall–Kier alpha value is -0.900. The van der Waals surface area contributed by atoms with Crippen LogP contribution in [0.15, 0.2) is 0 Å². The van der Waals surface area contributed by atoms with Crippen molar-refractivity contribution in [3.8, 4) is 0 Å². The molecule has 1 saturated carbocycles. The molecule has 1 aliphatic heterocycles. The Morgan fingerprint density at radius 2 is 1.86 bits per heavy atom. The molecule has 4 nitrogen and oxygen atoms in total. The second-order valence-corrected chi connectivity index (χ2v) is 4.33. The van der Waals surface area contributed by atoms with Crippen LogP contribution >= 0.6 is 0 Å². The highest BCUT2D eigenvalue weighted by Crippen LogP contribution is 2.30. The van der Waals surface area contributed by atoms with Crippen molar-refractivity contribution in [2.75, 3.05) is 0 Å². The fraction of sp³-hybridized carbons (Fsp3) is 0.800. The Labute approximate surface area is 83.4 Å². The van der Waals surface area contributed by atoms with Gasteiger partial charge in [0.1, 0.15) is 0 Å². The monoisotopic (exact) mass is 196 g/mol. The summed E-state index contributed by atoms with van der Waals surface area (Å²) in [6.07, 6.45) is 5.05. The molecule has 14 heavy (non-hydrogen) atoms. The van der Waals surface area contributed by atoms with Crippen LogP contribution in [0.4, 0.5) is 0 Å². The van der Waals surface area contributed by atoms with Crippen molar-refractivity contribution in [2.45, 2.75) is 50.6 Å². The molecular formula is C10H16N2O2. The third kappa shape index (κ3) is 1.43. The molecule has 2 rings (SSSR count). The van der Waals surface area contributed by atoms with Crippen molar-refractivity contribution >= 4 is 11.8 Å². The first-order valence-corrected chi connectivity index (χ1v) is 5.27. The van der Waals surface area contributed by atoms with Crippen LogP contribution < -0.4 is 10.6 Å². The molecule has 1 saturated heterocycles. The Morgan fingerprint density at radius 1 is 1.21 bits per heavy atom. The minimum atomic E-state index is -0.453. The summed E-state index contributed by atoms with van der Waals surface area (Å²) in [4.78, 5) is 23.0. The number of imide groups is 1. The normalized spacial score (nSPS) is 31.6. The van der Waals surface area contributed by atoms with E-state index < -0.39 is 5.54 Å².